The molecule has 0 aliphatic carbocycles. The summed E-state index contributed by atoms with van der Waals surface area (Å²) >= 11 is 0. The van der Waals surface area contributed by atoms with Crippen molar-refractivity contribution in [3.05, 3.63) is 54.1 Å². The molecular formula is C21H22N2O11S3. The predicted molar refractivity (Wildman–Crippen MR) is 134 cm³/mol. The Bertz CT molecular complexity index is 1670. The molecule has 16 heteroatoms. The summed E-state index contributed by atoms with van der Waals surface area (Å²) < 4.78 is 103. The van der Waals surface area contributed by atoms with Gasteiger partial charge in [-0.25, -0.2) is 0 Å². The zero-order valence-electron chi connectivity index (χ0n) is 18.9. The van der Waals surface area contributed by atoms with Gasteiger partial charge in [-0.15, -0.1) is 0 Å². The molecule has 0 aromatic heterocycles. The number of rotatable bonds is 10. The van der Waals surface area contributed by atoms with E-state index in [1.165, 1.54) is 24.3 Å². The largest absolute Gasteiger partial charge is 0.493 e. The van der Waals surface area contributed by atoms with Crippen molar-refractivity contribution in [2.24, 2.45) is 0 Å². The van der Waals surface area contributed by atoms with Crippen LogP contribution in [-0.4, -0.2) is 57.2 Å². The quantitative estimate of drug-likeness (QED) is 0.133. The highest BCUT2D eigenvalue weighted by Gasteiger charge is 2.22. The van der Waals surface area contributed by atoms with Gasteiger partial charge in [0, 0.05) is 22.7 Å². The predicted octanol–water partition coefficient (Wildman–Crippen LogP) is 2.21. The first-order valence-electron chi connectivity index (χ1n) is 10.4. The normalized spacial score (nSPS) is 12.4. The van der Waals surface area contributed by atoms with Gasteiger partial charge >= 0.3 is 0 Å². The minimum atomic E-state index is -4.93. The lowest BCUT2D eigenvalue weighted by Crippen LogP contribution is -2.15. The van der Waals surface area contributed by atoms with E-state index in [4.69, 9.17) is 15.0 Å². The Morgan fingerprint density at radius 2 is 1.51 bits per heavy atom. The van der Waals surface area contributed by atoms with Gasteiger partial charge < -0.3 is 15.8 Å². The second kappa shape index (κ2) is 10.6. The van der Waals surface area contributed by atoms with Crippen LogP contribution in [0.15, 0.2) is 58.3 Å². The smallest absolute Gasteiger partial charge is 0.296 e. The fraction of sp³-hybridized carbons (Fsp3) is 0.190. The number of unbranched alkanes of at least 4 members (excludes halogenated alkanes) is 1. The van der Waals surface area contributed by atoms with Crippen LogP contribution in [0.4, 0.5) is 11.4 Å². The molecule has 1 amide bonds. The van der Waals surface area contributed by atoms with Crippen LogP contribution in [-0.2, 0) is 30.4 Å². The molecule has 0 aliphatic rings. The molecule has 200 valence electrons. The lowest BCUT2D eigenvalue weighted by molar-refractivity contribution is 0.102. The van der Waals surface area contributed by atoms with E-state index in [-0.39, 0.29) is 47.2 Å². The first-order valence-corrected chi connectivity index (χ1v) is 14.9. The molecule has 0 aliphatic heterocycles. The van der Waals surface area contributed by atoms with Gasteiger partial charge in [0.1, 0.15) is 10.6 Å². The molecule has 0 unspecified atom stereocenters. The van der Waals surface area contributed by atoms with Crippen LogP contribution in [0.2, 0.25) is 0 Å². The second-order valence-corrected chi connectivity index (χ2v) is 12.2. The van der Waals surface area contributed by atoms with Gasteiger partial charge in [0.15, 0.2) is 0 Å². The molecule has 13 nitrogen and oxygen atoms in total. The van der Waals surface area contributed by atoms with Crippen molar-refractivity contribution in [3.8, 4) is 5.75 Å². The number of hydrogen-bond acceptors (Lipinski definition) is 9. The Balaban J connectivity index is 2.08. The van der Waals surface area contributed by atoms with Crippen LogP contribution in [0, 0.1) is 0 Å². The van der Waals surface area contributed by atoms with Gasteiger partial charge in [0.05, 0.1) is 22.9 Å². The van der Waals surface area contributed by atoms with Crippen molar-refractivity contribution in [1.82, 2.24) is 0 Å². The Labute approximate surface area is 212 Å². The fourth-order valence-corrected chi connectivity index (χ4v) is 5.07. The fourth-order valence-electron chi connectivity index (χ4n) is 3.31. The van der Waals surface area contributed by atoms with Crippen LogP contribution in [0.1, 0.15) is 23.2 Å². The van der Waals surface area contributed by atoms with E-state index < -0.39 is 51.8 Å². The molecule has 6 N–H and O–H groups in total. The summed E-state index contributed by atoms with van der Waals surface area (Å²) in [5.41, 5.74) is 5.75. The lowest BCUT2D eigenvalue weighted by Gasteiger charge is -2.15. The van der Waals surface area contributed by atoms with Crippen molar-refractivity contribution >= 4 is 58.4 Å². The molecule has 0 radical (unpaired) electrons. The topological polar surface area (TPSA) is 227 Å². The van der Waals surface area contributed by atoms with E-state index in [2.05, 4.69) is 5.32 Å². The lowest BCUT2D eigenvalue weighted by atomic mass is 10.1. The first kappa shape index (κ1) is 28.3. The maximum absolute atomic E-state index is 12.7. The summed E-state index contributed by atoms with van der Waals surface area (Å²) in [6.45, 7) is -0.146. The summed E-state index contributed by atoms with van der Waals surface area (Å²) in [5, 5.41) is 2.39. The number of anilines is 2. The van der Waals surface area contributed by atoms with Gasteiger partial charge in [-0.3, -0.25) is 18.5 Å². The maximum Gasteiger partial charge on any atom is 0.296 e. The summed E-state index contributed by atoms with van der Waals surface area (Å²) in [7, 11) is -13.9. The summed E-state index contributed by atoms with van der Waals surface area (Å²) in [6.07, 6.45) is 0.145. The van der Waals surface area contributed by atoms with Crippen LogP contribution < -0.4 is 15.8 Å². The van der Waals surface area contributed by atoms with Crippen molar-refractivity contribution < 1.29 is 48.4 Å². The number of nitrogen functional groups attached to an aromatic ring is 1. The number of amides is 1. The highest BCUT2D eigenvalue weighted by molar-refractivity contribution is 7.86. The molecule has 0 heterocycles. The van der Waals surface area contributed by atoms with E-state index in [1.54, 1.807) is 0 Å². The number of fused-ring (bicyclic) bond motifs is 1. The number of ether oxygens (including phenoxy) is 1. The third kappa shape index (κ3) is 7.61. The molecule has 0 spiro atoms. The Kier molecular flexibility index (Phi) is 8.11. The average Bonchev–Trinajstić information content (AvgIpc) is 2.76. The molecule has 0 saturated carbocycles. The number of carbonyl (C=O) groups is 1. The van der Waals surface area contributed by atoms with Crippen molar-refractivity contribution in [2.75, 3.05) is 23.4 Å². The number of benzene rings is 3. The third-order valence-electron chi connectivity index (χ3n) is 5.04. The number of nitrogens with two attached hydrogens (primary N) is 1. The number of nitrogens with one attached hydrogen (secondary N) is 1. The molecule has 3 aromatic rings. The summed E-state index contributed by atoms with van der Waals surface area (Å²) in [4.78, 5) is 11.3. The molecule has 0 saturated heterocycles. The Morgan fingerprint density at radius 3 is 2.08 bits per heavy atom. The van der Waals surface area contributed by atoms with Gasteiger partial charge in [0.2, 0.25) is 0 Å². The SMILES string of the molecule is Nc1ccc(C(=O)Nc2cc3c(OCCCCS(=O)(=O)O)cc(S(=O)(=O)O)cc3cc2S(=O)(=O)O)cc1. The molecule has 0 bridgehead atoms. The van der Waals surface area contributed by atoms with Crippen LogP contribution in [0.5, 0.6) is 5.75 Å². The molecule has 37 heavy (non-hydrogen) atoms. The van der Waals surface area contributed by atoms with E-state index in [0.717, 1.165) is 24.3 Å². The molecule has 3 aromatic carbocycles. The van der Waals surface area contributed by atoms with E-state index in [9.17, 15) is 39.2 Å². The van der Waals surface area contributed by atoms with Crippen molar-refractivity contribution in [3.63, 3.8) is 0 Å². The van der Waals surface area contributed by atoms with Gasteiger partial charge in [-0.2, -0.15) is 25.3 Å². The maximum atomic E-state index is 12.7. The minimum Gasteiger partial charge on any atom is -0.493 e. The molecular weight excluding hydrogens is 552 g/mol. The van der Waals surface area contributed by atoms with Gasteiger partial charge in [0.25, 0.3) is 36.3 Å². The van der Waals surface area contributed by atoms with Gasteiger partial charge in [-0.05, 0) is 60.7 Å². The molecule has 0 fully saturated rings. The van der Waals surface area contributed by atoms with Crippen molar-refractivity contribution in [1.29, 1.82) is 0 Å². The zero-order valence-corrected chi connectivity index (χ0v) is 21.3. The summed E-state index contributed by atoms with van der Waals surface area (Å²) in [5.74, 6) is -1.42. The monoisotopic (exact) mass is 574 g/mol. The Morgan fingerprint density at radius 1 is 0.865 bits per heavy atom. The number of carbonyl (C=O) groups excluding carboxylic acids is 1. The molecule has 3 rings (SSSR count). The van der Waals surface area contributed by atoms with Gasteiger partial charge in [-0.1, -0.05) is 0 Å². The highest BCUT2D eigenvalue weighted by Crippen LogP contribution is 2.36. The van der Waals surface area contributed by atoms with Crippen LogP contribution >= 0.6 is 0 Å². The standard InChI is InChI=1S/C21H22N2O11S3/c22-15-5-3-13(4-6-15)21(24)23-18-12-17-14(10-20(18)37(31,32)33)9-16(36(28,29)30)11-19(17)34-7-1-2-8-35(25,26)27/h3-6,9-12H,1-2,7-8,22H2,(H,23,24)(H,25,26,27)(H,28,29,30)(H,31,32,33). The second-order valence-electron chi connectivity index (χ2n) is 7.86. The Hall–Kier alpha value is -3.28. The van der Waals surface area contributed by atoms with Crippen LogP contribution in [0.25, 0.3) is 10.8 Å². The van der Waals surface area contributed by atoms with E-state index >= 15 is 0 Å². The molecule has 0 atom stereocenters. The van der Waals surface area contributed by atoms with Crippen molar-refractivity contribution in [2.45, 2.75) is 22.6 Å². The average molecular weight is 575 g/mol. The first-order chi connectivity index (χ1) is 17.0. The summed E-state index contributed by atoms with van der Waals surface area (Å²) in [6, 6.07) is 9.59. The third-order valence-corrected chi connectivity index (χ3v) is 7.57. The van der Waals surface area contributed by atoms with E-state index in [1.807, 2.05) is 0 Å². The highest BCUT2D eigenvalue weighted by atomic mass is 32.2. The number of hydrogen-bond donors (Lipinski definition) is 5. The van der Waals surface area contributed by atoms with Crippen LogP contribution in [0.3, 0.4) is 0 Å². The zero-order chi connectivity index (χ0) is 27.6. The minimum absolute atomic E-state index is 0.0184. The van der Waals surface area contributed by atoms with E-state index in [0.29, 0.717) is 5.69 Å².